The van der Waals surface area contributed by atoms with Crippen molar-refractivity contribution < 1.29 is 17.5 Å². The van der Waals surface area contributed by atoms with Crippen LogP contribution in [0.4, 0.5) is 4.39 Å². The van der Waals surface area contributed by atoms with Gasteiger partial charge in [-0.1, -0.05) is 18.2 Å². The summed E-state index contributed by atoms with van der Waals surface area (Å²) in [5, 5.41) is 0.575. The molecule has 0 radical (unpaired) electrons. The topological polar surface area (TPSA) is 88.2 Å². The first-order valence-corrected chi connectivity index (χ1v) is 13.7. The number of halogens is 1. The van der Waals surface area contributed by atoms with Crippen molar-refractivity contribution in [3.8, 4) is 0 Å². The van der Waals surface area contributed by atoms with E-state index in [2.05, 4.69) is 19.9 Å². The lowest BCUT2D eigenvalue weighted by Crippen LogP contribution is -2.39. The normalized spacial score (nSPS) is 14.9. The molecule has 0 bridgehead atoms. The van der Waals surface area contributed by atoms with Gasteiger partial charge in [0.15, 0.2) is 9.84 Å². The summed E-state index contributed by atoms with van der Waals surface area (Å²) < 4.78 is 46.2. The number of ether oxygens (including phenoxy) is 1. The van der Waals surface area contributed by atoms with Crippen LogP contribution in [0.15, 0.2) is 59.6 Å². The molecule has 0 atom stereocenters. The van der Waals surface area contributed by atoms with E-state index in [1.807, 2.05) is 25.1 Å². The molecule has 1 aliphatic heterocycles. The van der Waals surface area contributed by atoms with Gasteiger partial charge in [0.25, 0.3) is 0 Å². The number of aromatic nitrogens is 3. The number of hydrogen-bond donors (Lipinski definition) is 1. The number of rotatable bonds is 8. The van der Waals surface area contributed by atoms with Crippen LogP contribution in [0.2, 0.25) is 0 Å². The molecule has 3 heterocycles. The quantitative estimate of drug-likeness (QED) is 0.391. The second kappa shape index (κ2) is 10.5. The van der Waals surface area contributed by atoms with Crippen molar-refractivity contribution in [2.75, 3.05) is 38.6 Å². The van der Waals surface area contributed by atoms with Gasteiger partial charge in [-0.25, -0.2) is 22.8 Å². The summed E-state index contributed by atoms with van der Waals surface area (Å²) in [7, 11) is -3.41. The first-order chi connectivity index (χ1) is 17.4. The van der Waals surface area contributed by atoms with Gasteiger partial charge in [0.05, 0.1) is 23.9 Å². The second-order valence-corrected chi connectivity index (χ2v) is 11.3. The number of morpholine rings is 1. The zero-order valence-electron chi connectivity index (χ0n) is 20.2. The summed E-state index contributed by atoms with van der Waals surface area (Å²) in [6, 6.07) is 14.2. The molecule has 7 nitrogen and oxygen atoms in total. The molecule has 0 saturated carbocycles. The first kappa shape index (κ1) is 24.5. The van der Waals surface area contributed by atoms with Crippen LogP contribution in [0, 0.1) is 12.7 Å². The van der Waals surface area contributed by atoms with E-state index in [0.717, 1.165) is 29.9 Å². The molecule has 36 heavy (non-hydrogen) atoms. The molecule has 0 unspecified atom stereocenters. The maximum Gasteiger partial charge on any atom is 0.179 e. The monoisotopic (exact) mass is 508 g/mol. The summed E-state index contributed by atoms with van der Waals surface area (Å²) in [6.45, 7) is 5.19. The molecule has 188 valence electrons. The number of benzene rings is 2. The summed E-state index contributed by atoms with van der Waals surface area (Å²) in [5.41, 5.74) is 3.78. The smallest absolute Gasteiger partial charge is 0.179 e. The number of fused-ring (bicyclic) bond motifs is 1. The Bertz CT molecular complexity index is 1480. The lowest BCUT2D eigenvalue weighted by Gasteiger charge is -2.26. The largest absolute Gasteiger partial charge is 0.379 e. The molecule has 2 aromatic carbocycles. The van der Waals surface area contributed by atoms with E-state index in [4.69, 9.17) is 4.74 Å². The highest BCUT2D eigenvalue weighted by Gasteiger charge is 2.19. The van der Waals surface area contributed by atoms with E-state index in [1.54, 1.807) is 36.5 Å². The second-order valence-electron chi connectivity index (χ2n) is 9.19. The minimum absolute atomic E-state index is 0.0685. The highest BCUT2D eigenvalue weighted by Crippen LogP contribution is 2.23. The Morgan fingerprint density at radius 3 is 2.75 bits per heavy atom. The average molecular weight is 509 g/mol. The van der Waals surface area contributed by atoms with Gasteiger partial charge >= 0.3 is 0 Å². The SMILES string of the molecule is Cc1cc2c(F)c(Cc3ccnc(Cc4cccc(S(=O)(=O)CCN5CCOCC5)c4)n3)ccc2[nH]1. The highest BCUT2D eigenvalue weighted by atomic mass is 32.2. The molecular formula is C27H29FN4O3S. The summed E-state index contributed by atoms with van der Waals surface area (Å²) >= 11 is 0. The van der Waals surface area contributed by atoms with Crippen LogP contribution in [0.3, 0.4) is 0 Å². The van der Waals surface area contributed by atoms with Crippen LogP contribution in [-0.2, 0) is 27.4 Å². The molecule has 5 rings (SSSR count). The molecule has 0 amide bonds. The molecule has 1 fully saturated rings. The molecule has 9 heteroatoms. The number of hydrogen-bond acceptors (Lipinski definition) is 6. The summed E-state index contributed by atoms with van der Waals surface area (Å²) in [6.07, 6.45) is 2.40. The van der Waals surface area contributed by atoms with E-state index >= 15 is 4.39 Å². The molecule has 1 aliphatic rings. The maximum atomic E-state index is 15.0. The van der Waals surface area contributed by atoms with Gasteiger partial charge in [0, 0.05) is 61.0 Å². The third-order valence-corrected chi connectivity index (χ3v) is 8.18. The van der Waals surface area contributed by atoms with E-state index in [-0.39, 0.29) is 11.6 Å². The fourth-order valence-corrected chi connectivity index (χ4v) is 5.88. The van der Waals surface area contributed by atoms with Crippen molar-refractivity contribution in [1.82, 2.24) is 19.9 Å². The zero-order valence-corrected chi connectivity index (χ0v) is 21.0. The predicted octanol–water partition coefficient (Wildman–Crippen LogP) is 3.69. The van der Waals surface area contributed by atoms with Gasteiger partial charge in [-0.2, -0.15) is 0 Å². The Hall–Kier alpha value is -3.14. The van der Waals surface area contributed by atoms with Crippen LogP contribution < -0.4 is 0 Å². The Kier molecular flexibility index (Phi) is 7.13. The third-order valence-electron chi connectivity index (χ3n) is 6.49. The molecule has 1 saturated heterocycles. The van der Waals surface area contributed by atoms with Crippen molar-refractivity contribution in [3.05, 3.63) is 88.9 Å². The van der Waals surface area contributed by atoms with Gasteiger partial charge in [-0.3, -0.25) is 4.90 Å². The highest BCUT2D eigenvalue weighted by molar-refractivity contribution is 7.91. The molecule has 2 aromatic heterocycles. The number of nitrogens with one attached hydrogen (secondary N) is 1. The van der Waals surface area contributed by atoms with Crippen LogP contribution in [0.1, 0.15) is 28.3 Å². The molecule has 1 N–H and O–H groups in total. The van der Waals surface area contributed by atoms with Crippen LogP contribution >= 0.6 is 0 Å². The molecule has 4 aromatic rings. The number of aromatic amines is 1. The predicted molar refractivity (Wildman–Crippen MR) is 136 cm³/mol. The molecule has 0 spiro atoms. The van der Waals surface area contributed by atoms with Gasteiger partial charge < -0.3 is 9.72 Å². The van der Waals surface area contributed by atoms with Crippen molar-refractivity contribution in [2.24, 2.45) is 0 Å². The maximum absolute atomic E-state index is 15.0. The standard InChI is InChI=1S/C27H29FN4O3S/c1-19-15-24-25(30-19)6-5-21(27(24)28)18-22-7-8-29-26(31-22)17-20-3-2-4-23(16-20)36(33,34)14-11-32-9-12-35-13-10-32/h2-8,15-16,30H,9-14,17-18H2,1H3. The fourth-order valence-electron chi connectivity index (χ4n) is 4.53. The van der Waals surface area contributed by atoms with Gasteiger partial charge in [-0.15, -0.1) is 0 Å². The minimum atomic E-state index is -3.41. The lowest BCUT2D eigenvalue weighted by molar-refractivity contribution is 0.0408. The number of sulfone groups is 1. The Morgan fingerprint density at radius 1 is 1.08 bits per heavy atom. The summed E-state index contributed by atoms with van der Waals surface area (Å²) in [5.74, 6) is 0.389. The van der Waals surface area contributed by atoms with Crippen molar-refractivity contribution >= 4 is 20.7 Å². The van der Waals surface area contributed by atoms with Crippen molar-refractivity contribution in [1.29, 1.82) is 0 Å². The van der Waals surface area contributed by atoms with E-state index in [9.17, 15) is 8.42 Å². The fraction of sp³-hybridized carbons (Fsp3) is 0.333. The Labute approximate surface area is 210 Å². The molecule has 0 aliphatic carbocycles. The van der Waals surface area contributed by atoms with Gasteiger partial charge in [-0.05, 0) is 48.4 Å². The Morgan fingerprint density at radius 2 is 1.92 bits per heavy atom. The van der Waals surface area contributed by atoms with Crippen LogP contribution in [0.5, 0.6) is 0 Å². The third kappa shape index (κ3) is 5.64. The van der Waals surface area contributed by atoms with Crippen LogP contribution in [-0.4, -0.2) is 66.9 Å². The Balaban J connectivity index is 1.29. The average Bonchev–Trinajstić information content (AvgIpc) is 3.27. The van der Waals surface area contributed by atoms with Gasteiger partial charge in [0.1, 0.15) is 11.6 Å². The van der Waals surface area contributed by atoms with E-state index in [0.29, 0.717) is 60.0 Å². The number of aryl methyl sites for hydroxylation is 1. The number of nitrogens with zero attached hydrogens (tertiary/aromatic N) is 3. The van der Waals surface area contributed by atoms with Crippen molar-refractivity contribution in [2.45, 2.75) is 24.7 Å². The molecular weight excluding hydrogens is 479 g/mol. The summed E-state index contributed by atoms with van der Waals surface area (Å²) in [4.78, 5) is 14.6. The zero-order chi connectivity index (χ0) is 25.1. The minimum Gasteiger partial charge on any atom is -0.379 e. The number of H-pyrrole nitrogens is 1. The van der Waals surface area contributed by atoms with Gasteiger partial charge in [0.2, 0.25) is 0 Å². The van der Waals surface area contributed by atoms with Crippen LogP contribution in [0.25, 0.3) is 10.9 Å². The van der Waals surface area contributed by atoms with E-state index in [1.165, 1.54) is 0 Å². The lowest BCUT2D eigenvalue weighted by atomic mass is 10.1. The first-order valence-electron chi connectivity index (χ1n) is 12.1. The van der Waals surface area contributed by atoms with E-state index < -0.39 is 9.84 Å². The van der Waals surface area contributed by atoms with Crippen molar-refractivity contribution in [3.63, 3.8) is 0 Å².